The van der Waals surface area contributed by atoms with Crippen LogP contribution < -0.4 is 5.32 Å². The maximum Gasteiger partial charge on any atom is 0.270 e. The van der Waals surface area contributed by atoms with E-state index in [-0.39, 0.29) is 11.3 Å². The molecular weight excluding hydrogens is 227 g/mol. The van der Waals surface area contributed by atoms with Crippen molar-refractivity contribution in [2.75, 3.05) is 6.54 Å². The van der Waals surface area contributed by atoms with Crippen LogP contribution in [0.3, 0.4) is 0 Å². The Labute approximate surface area is 97.8 Å². The summed E-state index contributed by atoms with van der Waals surface area (Å²) >= 11 is 0. The fraction of sp³-hybridized carbons (Fsp3) is 0.364. The molecule has 17 heavy (non-hydrogen) atoms. The number of unbranched alkanes of at least 4 members (excludes halogenated alkanes) is 1. The molecule has 0 unspecified atom stereocenters. The highest BCUT2D eigenvalue weighted by atomic mass is 19.1. The SMILES string of the molecule is CCCCNC(=O)c1cc([N+](=O)[O-])ccc1F. The van der Waals surface area contributed by atoms with Gasteiger partial charge in [-0.05, 0) is 12.5 Å². The summed E-state index contributed by atoms with van der Waals surface area (Å²) in [6.07, 6.45) is 1.68. The van der Waals surface area contributed by atoms with Gasteiger partial charge in [0.25, 0.3) is 11.6 Å². The average molecular weight is 240 g/mol. The van der Waals surface area contributed by atoms with Gasteiger partial charge in [-0.25, -0.2) is 4.39 Å². The Kier molecular flexibility index (Phi) is 4.56. The maximum atomic E-state index is 13.3. The lowest BCUT2D eigenvalue weighted by molar-refractivity contribution is -0.384. The van der Waals surface area contributed by atoms with Crippen LogP contribution in [0.4, 0.5) is 10.1 Å². The Morgan fingerprint density at radius 3 is 2.82 bits per heavy atom. The number of hydrogen-bond acceptors (Lipinski definition) is 3. The summed E-state index contributed by atoms with van der Waals surface area (Å²) in [5.74, 6) is -1.38. The van der Waals surface area contributed by atoms with Crippen molar-refractivity contribution < 1.29 is 14.1 Å². The molecule has 0 radical (unpaired) electrons. The summed E-state index contributed by atoms with van der Waals surface area (Å²) in [6.45, 7) is 2.39. The number of amides is 1. The largest absolute Gasteiger partial charge is 0.352 e. The van der Waals surface area contributed by atoms with Crippen LogP contribution in [0.1, 0.15) is 30.1 Å². The molecule has 0 aliphatic heterocycles. The number of carbonyl (C=O) groups is 1. The molecule has 0 atom stereocenters. The lowest BCUT2D eigenvalue weighted by atomic mass is 10.1. The van der Waals surface area contributed by atoms with Gasteiger partial charge in [0, 0.05) is 18.7 Å². The second-order valence-electron chi connectivity index (χ2n) is 3.53. The maximum absolute atomic E-state index is 13.3. The molecule has 0 bridgehead atoms. The Morgan fingerprint density at radius 2 is 2.24 bits per heavy atom. The highest BCUT2D eigenvalue weighted by Gasteiger charge is 2.16. The minimum atomic E-state index is -0.760. The Balaban J connectivity index is 2.84. The molecule has 0 fully saturated rings. The molecule has 1 N–H and O–H groups in total. The first-order chi connectivity index (χ1) is 8.06. The molecule has 1 aromatic carbocycles. The van der Waals surface area contributed by atoms with Gasteiger partial charge in [0.1, 0.15) is 5.82 Å². The summed E-state index contributed by atoms with van der Waals surface area (Å²) in [5, 5.41) is 13.0. The minimum Gasteiger partial charge on any atom is -0.352 e. The fourth-order valence-corrected chi connectivity index (χ4v) is 1.27. The van der Waals surface area contributed by atoms with Crippen molar-refractivity contribution >= 4 is 11.6 Å². The molecule has 0 aliphatic rings. The predicted octanol–water partition coefficient (Wildman–Crippen LogP) is 2.26. The molecule has 0 heterocycles. The van der Waals surface area contributed by atoms with Gasteiger partial charge in [-0.15, -0.1) is 0 Å². The van der Waals surface area contributed by atoms with Crippen molar-refractivity contribution in [1.29, 1.82) is 0 Å². The van der Waals surface area contributed by atoms with E-state index in [1.54, 1.807) is 0 Å². The summed E-state index contributed by atoms with van der Waals surface area (Å²) < 4.78 is 13.3. The second kappa shape index (κ2) is 5.93. The standard InChI is InChI=1S/C11H13FN2O3/c1-2-3-6-13-11(15)9-7-8(14(16)17)4-5-10(9)12/h4-5,7H,2-3,6H2,1H3,(H,13,15). The Hall–Kier alpha value is -1.98. The molecule has 0 saturated heterocycles. The summed E-state index contributed by atoms with van der Waals surface area (Å²) in [7, 11) is 0. The van der Waals surface area contributed by atoms with E-state index in [1.165, 1.54) is 0 Å². The highest BCUT2D eigenvalue weighted by molar-refractivity contribution is 5.95. The summed E-state index contributed by atoms with van der Waals surface area (Å²) in [5.41, 5.74) is -0.595. The van der Waals surface area contributed by atoms with Crippen LogP contribution >= 0.6 is 0 Å². The van der Waals surface area contributed by atoms with Crippen LogP contribution in [0.25, 0.3) is 0 Å². The Bertz CT molecular complexity index is 435. The van der Waals surface area contributed by atoms with E-state index < -0.39 is 16.6 Å². The van der Waals surface area contributed by atoms with Crippen LogP contribution in [0.15, 0.2) is 18.2 Å². The lowest BCUT2D eigenvalue weighted by Crippen LogP contribution is -2.25. The van der Waals surface area contributed by atoms with E-state index in [0.29, 0.717) is 6.54 Å². The molecule has 0 spiro atoms. The van der Waals surface area contributed by atoms with Crippen molar-refractivity contribution in [3.8, 4) is 0 Å². The molecule has 0 aromatic heterocycles. The molecule has 6 heteroatoms. The van der Waals surface area contributed by atoms with E-state index in [9.17, 15) is 19.3 Å². The molecule has 1 aromatic rings. The molecule has 1 amide bonds. The van der Waals surface area contributed by atoms with Gasteiger partial charge in [0.05, 0.1) is 10.5 Å². The number of carbonyl (C=O) groups excluding carboxylic acids is 1. The lowest BCUT2D eigenvalue weighted by Gasteiger charge is -2.05. The number of nitrogens with one attached hydrogen (secondary N) is 1. The number of hydrogen-bond donors (Lipinski definition) is 1. The van der Waals surface area contributed by atoms with E-state index in [1.807, 2.05) is 6.92 Å². The highest BCUT2D eigenvalue weighted by Crippen LogP contribution is 2.16. The van der Waals surface area contributed by atoms with Gasteiger partial charge in [-0.3, -0.25) is 14.9 Å². The smallest absolute Gasteiger partial charge is 0.270 e. The third-order valence-corrected chi connectivity index (χ3v) is 2.22. The van der Waals surface area contributed by atoms with Crippen molar-refractivity contribution in [1.82, 2.24) is 5.32 Å². The third kappa shape index (κ3) is 3.51. The fourth-order valence-electron chi connectivity index (χ4n) is 1.27. The van der Waals surface area contributed by atoms with Crippen molar-refractivity contribution in [3.63, 3.8) is 0 Å². The zero-order valence-electron chi connectivity index (χ0n) is 9.40. The van der Waals surface area contributed by atoms with Crippen molar-refractivity contribution in [2.45, 2.75) is 19.8 Å². The van der Waals surface area contributed by atoms with Gasteiger partial charge in [-0.2, -0.15) is 0 Å². The van der Waals surface area contributed by atoms with Gasteiger partial charge >= 0.3 is 0 Å². The summed E-state index contributed by atoms with van der Waals surface area (Å²) in [4.78, 5) is 21.4. The van der Waals surface area contributed by atoms with Crippen LogP contribution in [0.5, 0.6) is 0 Å². The third-order valence-electron chi connectivity index (χ3n) is 2.22. The number of halogens is 1. The first-order valence-electron chi connectivity index (χ1n) is 5.28. The predicted molar refractivity (Wildman–Crippen MR) is 60.3 cm³/mol. The average Bonchev–Trinajstić information content (AvgIpc) is 2.29. The van der Waals surface area contributed by atoms with Gasteiger partial charge < -0.3 is 5.32 Å². The monoisotopic (exact) mass is 240 g/mol. The molecular formula is C11H13FN2O3. The van der Waals surface area contributed by atoms with Crippen LogP contribution in [-0.4, -0.2) is 17.4 Å². The van der Waals surface area contributed by atoms with Gasteiger partial charge in [-0.1, -0.05) is 13.3 Å². The summed E-state index contributed by atoms with van der Waals surface area (Å²) in [6, 6.07) is 2.89. The first-order valence-corrected chi connectivity index (χ1v) is 5.28. The van der Waals surface area contributed by atoms with E-state index in [0.717, 1.165) is 31.0 Å². The van der Waals surface area contributed by atoms with Crippen molar-refractivity contribution in [2.24, 2.45) is 0 Å². The van der Waals surface area contributed by atoms with Crippen molar-refractivity contribution in [3.05, 3.63) is 39.7 Å². The number of non-ortho nitro benzene ring substituents is 1. The molecule has 1 rings (SSSR count). The number of rotatable bonds is 5. The van der Waals surface area contributed by atoms with E-state index in [2.05, 4.69) is 5.32 Å². The van der Waals surface area contributed by atoms with E-state index >= 15 is 0 Å². The first kappa shape index (κ1) is 13.1. The molecule has 5 nitrogen and oxygen atoms in total. The topological polar surface area (TPSA) is 72.2 Å². The van der Waals surface area contributed by atoms with E-state index in [4.69, 9.17) is 0 Å². The normalized spacial score (nSPS) is 10.0. The zero-order valence-corrected chi connectivity index (χ0v) is 9.40. The molecule has 0 aliphatic carbocycles. The number of nitro benzene ring substituents is 1. The van der Waals surface area contributed by atoms with Crippen LogP contribution in [-0.2, 0) is 0 Å². The number of benzene rings is 1. The molecule has 0 saturated carbocycles. The van der Waals surface area contributed by atoms with Gasteiger partial charge in [0.2, 0.25) is 0 Å². The van der Waals surface area contributed by atoms with Crippen LogP contribution in [0.2, 0.25) is 0 Å². The van der Waals surface area contributed by atoms with Gasteiger partial charge in [0.15, 0.2) is 0 Å². The Morgan fingerprint density at radius 1 is 1.53 bits per heavy atom. The quantitative estimate of drug-likeness (QED) is 0.487. The number of nitro groups is 1. The van der Waals surface area contributed by atoms with Crippen LogP contribution in [0, 0.1) is 15.9 Å². The number of nitrogens with zero attached hydrogens (tertiary/aromatic N) is 1. The second-order valence-corrected chi connectivity index (χ2v) is 3.53. The molecule has 92 valence electrons. The zero-order chi connectivity index (χ0) is 12.8. The minimum absolute atomic E-state index is 0.296.